The smallest absolute Gasteiger partial charge is 0.243 e. The Balaban J connectivity index is 2.18. The molecule has 0 aliphatic rings. The molecule has 0 saturated carbocycles. The number of hydrogen-bond donors (Lipinski definition) is 0. The van der Waals surface area contributed by atoms with Gasteiger partial charge in [0.1, 0.15) is 5.75 Å². The van der Waals surface area contributed by atoms with Gasteiger partial charge in [0.15, 0.2) is 0 Å². The molecule has 0 saturated heterocycles. The van der Waals surface area contributed by atoms with Gasteiger partial charge in [-0.15, -0.1) is 0 Å². The Morgan fingerprint density at radius 1 is 1.17 bits per heavy atom. The van der Waals surface area contributed by atoms with Crippen LogP contribution in [0.15, 0.2) is 53.4 Å². The normalized spacial score (nSPS) is 11.2. The van der Waals surface area contributed by atoms with Gasteiger partial charge in [-0.3, -0.25) is 0 Å². The van der Waals surface area contributed by atoms with Crippen LogP contribution in [-0.4, -0.2) is 26.4 Å². The van der Waals surface area contributed by atoms with E-state index in [9.17, 15) is 8.42 Å². The largest absolute Gasteiger partial charge is 0.494 e. The van der Waals surface area contributed by atoms with Gasteiger partial charge in [-0.2, -0.15) is 9.57 Å². The van der Waals surface area contributed by atoms with Gasteiger partial charge in [-0.05, 0) is 42.8 Å². The molecule has 2 aromatic carbocycles. The third-order valence-electron chi connectivity index (χ3n) is 3.31. The monoisotopic (exact) mass is 330 g/mol. The molecule has 2 rings (SSSR count). The van der Waals surface area contributed by atoms with Gasteiger partial charge < -0.3 is 4.74 Å². The SMILES string of the molecule is CCOc1ccc(CN(C)S(=O)(=O)c2cccc(C#N)c2)cc1. The maximum atomic E-state index is 12.6. The molecule has 0 N–H and O–H groups in total. The van der Waals surface area contributed by atoms with Gasteiger partial charge in [0.25, 0.3) is 0 Å². The highest BCUT2D eigenvalue weighted by atomic mass is 32.2. The van der Waals surface area contributed by atoms with E-state index in [-0.39, 0.29) is 11.4 Å². The Hall–Kier alpha value is -2.36. The van der Waals surface area contributed by atoms with Crippen molar-refractivity contribution in [2.24, 2.45) is 0 Å². The minimum atomic E-state index is -3.64. The molecule has 0 radical (unpaired) electrons. The first-order chi connectivity index (χ1) is 11.0. The molecule has 5 nitrogen and oxygen atoms in total. The molecule has 23 heavy (non-hydrogen) atoms. The molecule has 0 atom stereocenters. The van der Waals surface area contributed by atoms with Crippen molar-refractivity contribution in [1.82, 2.24) is 4.31 Å². The van der Waals surface area contributed by atoms with Gasteiger partial charge in [0, 0.05) is 13.6 Å². The van der Waals surface area contributed by atoms with Gasteiger partial charge in [-0.1, -0.05) is 18.2 Å². The molecule has 0 amide bonds. The van der Waals surface area contributed by atoms with Crippen LogP contribution < -0.4 is 4.74 Å². The summed E-state index contributed by atoms with van der Waals surface area (Å²) in [7, 11) is -2.12. The number of benzene rings is 2. The van der Waals surface area contributed by atoms with Crippen LogP contribution in [0, 0.1) is 11.3 Å². The van der Waals surface area contributed by atoms with E-state index in [1.54, 1.807) is 12.1 Å². The summed E-state index contributed by atoms with van der Waals surface area (Å²) in [5.74, 6) is 0.753. The fraction of sp³-hybridized carbons (Fsp3) is 0.235. The second-order valence-electron chi connectivity index (χ2n) is 4.98. The van der Waals surface area contributed by atoms with Gasteiger partial charge in [-0.25, -0.2) is 8.42 Å². The van der Waals surface area contributed by atoms with Gasteiger partial charge in [0.2, 0.25) is 10.0 Å². The molecular formula is C17H18N2O3S. The van der Waals surface area contributed by atoms with E-state index in [1.165, 1.54) is 23.5 Å². The van der Waals surface area contributed by atoms with Crippen molar-refractivity contribution >= 4 is 10.0 Å². The van der Waals surface area contributed by atoms with Crippen LogP contribution in [-0.2, 0) is 16.6 Å². The van der Waals surface area contributed by atoms with Crippen molar-refractivity contribution < 1.29 is 13.2 Å². The van der Waals surface area contributed by atoms with Crippen LogP contribution in [0.5, 0.6) is 5.75 Å². The maximum Gasteiger partial charge on any atom is 0.243 e. The second-order valence-corrected chi connectivity index (χ2v) is 7.02. The summed E-state index contributed by atoms with van der Waals surface area (Å²) in [4.78, 5) is 0.116. The fourth-order valence-electron chi connectivity index (χ4n) is 2.11. The van der Waals surface area contributed by atoms with E-state index >= 15 is 0 Å². The van der Waals surface area contributed by atoms with E-state index in [4.69, 9.17) is 10.00 Å². The lowest BCUT2D eigenvalue weighted by Crippen LogP contribution is -2.26. The van der Waals surface area contributed by atoms with Crippen molar-refractivity contribution in [2.45, 2.75) is 18.4 Å². The van der Waals surface area contributed by atoms with Crippen LogP contribution in [0.4, 0.5) is 0 Å². The van der Waals surface area contributed by atoms with Crippen LogP contribution in [0.3, 0.4) is 0 Å². The van der Waals surface area contributed by atoms with Gasteiger partial charge in [0.05, 0.1) is 23.1 Å². The van der Waals surface area contributed by atoms with E-state index in [2.05, 4.69) is 0 Å². The lowest BCUT2D eigenvalue weighted by molar-refractivity contribution is 0.340. The van der Waals surface area contributed by atoms with Crippen molar-refractivity contribution in [3.8, 4) is 11.8 Å². The van der Waals surface area contributed by atoms with Crippen LogP contribution in [0.2, 0.25) is 0 Å². The van der Waals surface area contributed by atoms with Gasteiger partial charge >= 0.3 is 0 Å². The highest BCUT2D eigenvalue weighted by molar-refractivity contribution is 7.89. The lowest BCUT2D eigenvalue weighted by atomic mass is 10.2. The Kier molecular flexibility index (Phi) is 5.37. The van der Waals surface area contributed by atoms with Crippen LogP contribution in [0.1, 0.15) is 18.1 Å². The zero-order chi connectivity index (χ0) is 16.9. The first-order valence-electron chi connectivity index (χ1n) is 7.15. The molecule has 0 aliphatic heterocycles. The number of rotatable bonds is 6. The number of nitrogens with zero attached hydrogens (tertiary/aromatic N) is 2. The average Bonchev–Trinajstić information content (AvgIpc) is 2.57. The van der Waals surface area contributed by atoms with E-state index in [1.807, 2.05) is 37.3 Å². The molecule has 0 unspecified atom stereocenters. The Bertz CT molecular complexity index is 808. The quantitative estimate of drug-likeness (QED) is 0.816. The summed E-state index contributed by atoms with van der Waals surface area (Å²) < 4.78 is 31.8. The molecule has 2 aromatic rings. The van der Waals surface area contributed by atoms with Crippen molar-refractivity contribution in [3.63, 3.8) is 0 Å². The first kappa shape index (κ1) is 17.0. The molecule has 0 spiro atoms. The van der Waals surface area contributed by atoms with Crippen LogP contribution >= 0.6 is 0 Å². The summed E-state index contributed by atoms with van der Waals surface area (Å²) in [6.07, 6.45) is 0. The maximum absolute atomic E-state index is 12.6. The second kappa shape index (κ2) is 7.27. The summed E-state index contributed by atoms with van der Waals surface area (Å²) in [6, 6.07) is 15.3. The number of hydrogen-bond acceptors (Lipinski definition) is 4. The predicted molar refractivity (Wildman–Crippen MR) is 87.4 cm³/mol. The van der Waals surface area contributed by atoms with E-state index < -0.39 is 10.0 Å². The zero-order valence-corrected chi connectivity index (χ0v) is 13.9. The Morgan fingerprint density at radius 2 is 1.87 bits per heavy atom. The molecule has 6 heteroatoms. The Labute approximate surface area is 136 Å². The van der Waals surface area contributed by atoms with E-state index in [0.29, 0.717) is 12.2 Å². The molecule has 0 fully saturated rings. The molecular weight excluding hydrogens is 312 g/mol. The average molecular weight is 330 g/mol. The minimum absolute atomic E-state index is 0.116. The third-order valence-corrected chi connectivity index (χ3v) is 5.11. The van der Waals surface area contributed by atoms with Crippen molar-refractivity contribution in [3.05, 3.63) is 59.7 Å². The van der Waals surface area contributed by atoms with Crippen LogP contribution in [0.25, 0.3) is 0 Å². The summed E-state index contributed by atoms with van der Waals surface area (Å²) in [5, 5.41) is 8.90. The number of nitriles is 1. The first-order valence-corrected chi connectivity index (χ1v) is 8.59. The third kappa shape index (κ3) is 4.09. The molecule has 0 aliphatic carbocycles. The standard InChI is InChI=1S/C17H18N2O3S/c1-3-22-16-9-7-14(8-10-16)13-19(2)23(20,21)17-6-4-5-15(11-17)12-18/h4-11H,3,13H2,1-2H3. The summed E-state index contributed by atoms with van der Waals surface area (Å²) in [5.41, 5.74) is 1.18. The van der Waals surface area contributed by atoms with E-state index in [0.717, 1.165) is 11.3 Å². The predicted octanol–water partition coefficient (Wildman–Crippen LogP) is 2.78. The molecule has 0 bridgehead atoms. The Morgan fingerprint density at radius 3 is 2.48 bits per heavy atom. The molecule has 0 heterocycles. The number of ether oxygens (including phenoxy) is 1. The lowest BCUT2D eigenvalue weighted by Gasteiger charge is -2.17. The van der Waals surface area contributed by atoms with Crippen molar-refractivity contribution in [2.75, 3.05) is 13.7 Å². The van der Waals surface area contributed by atoms with Crippen molar-refractivity contribution in [1.29, 1.82) is 5.26 Å². The summed E-state index contributed by atoms with van der Waals surface area (Å²) in [6.45, 7) is 2.73. The summed E-state index contributed by atoms with van der Waals surface area (Å²) >= 11 is 0. The topological polar surface area (TPSA) is 70.4 Å². The fourth-order valence-corrected chi connectivity index (χ4v) is 3.31. The molecule has 0 aromatic heterocycles. The molecule has 120 valence electrons. The minimum Gasteiger partial charge on any atom is -0.494 e. The zero-order valence-electron chi connectivity index (χ0n) is 13.1. The highest BCUT2D eigenvalue weighted by Crippen LogP contribution is 2.19. The number of sulfonamides is 1. The highest BCUT2D eigenvalue weighted by Gasteiger charge is 2.21.